The number of aromatic nitrogens is 1. The Bertz CT molecular complexity index is 1390. The van der Waals surface area contributed by atoms with E-state index in [-0.39, 0.29) is 10.1 Å². The smallest absolute Gasteiger partial charge is 0.253 e. The topological polar surface area (TPSA) is 102 Å². The van der Waals surface area contributed by atoms with Crippen LogP contribution in [0, 0.1) is 0 Å². The molecule has 0 unspecified atom stereocenters. The predicted octanol–water partition coefficient (Wildman–Crippen LogP) is 4.81. The summed E-state index contributed by atoms with van der Waals surface area (Å²) in [5, 5.41) is 7.58. The first-order chi connectivity index (χ1) is 16.0. The fraction of sp³-hybridized carbons (Fsp3) is 0.273. The number of hydrogen-bond acceptors (Lipinski definition) is 8. The lowest BCUT2D eigenvalue weighted by Crippen LogP contribution is -2.42. The third-order valence-corrected chi connectivity index (χ3v) is 9.40. The molecule has 1 amide bonds. The Morgan fingerprint density at radius 1 is 1.30 bits per heavy atom. The van der Waals surface area contributed by atoms with Crippen LogP contribution in [-0.4, -0.2) is 42.8 Å². The van der Waals surface area contributed by atoms with Gasteiger partial charge in [0.05, 0.1) is 6.61 Å². The third kappa shape index (κ3) is 4.17. The Kier molecular flexibility index (Phi) is 5.95. The summed E-state index contributed by atoms with van der Waals surface area (Å²) < 4.78 is 39.0. The number of thiazole rings is 1. The molecule has 0 radical (unpaired) electrons. The van der Waals surface area contributed by atoms with Crippen LogP contribution in [-0.2, 0) is 14.8 Å². The number of ether oxygens (including phenoxy) is 1. The van der Waals surface area contributed by atoms with Crippen LogP contribution in [0.5, 0.6) is 5.75 Å². The molecular weight excluding hydrogens is 482 g/mol. The number of thiophene rings is 1. The minimum atomic E-state index is -3.70. The molecule has 1 aliphatic rings. The number of nitrogens with one attached hydrogen (secondary N) is 1. The van der Waals surface area contributed by atoms with Gasteiger partial charge in [-0.25, -0.2) is 13.4 Å². The molecule has 11 heteroatoms. The van der Waals surface area contributed by atoms with E-state index in [1.165, 1.54) is 15.6 Å². The highest BCUT2D eigenvalue weighted by atomic mass is 32.2. The summed E-state index contributed by atoms with van der Waals surface area (Å²) in [6.45, 7) is 2.76. The number of amides is 1. The van der Waals surface area contributed by atoms with Crippen LogP contribution >= 0.6 is 22.7 Å². The second-order valence-corrected chi connectivity index (χ2v) is 11.4. The Labute approximate surface area is 198 Å². The number of anilines is 1. The Morgan fingerprint density at radius 3 is 2.97 bits per heavy atom. The Balaban J connectivity index is 1.34. The number of carbonyl (C=O) groups excluding carboxylic acids is 1. The zero-order valence-electron chi connectivity index (χ0n) is 17.7. The summed E-state index contributed by atoms with van der Waals surface area (Å²) in [7, 11) is -3.70. The number of benzene rings is 1. The van der Waals surface area contributed by atoms with E-state index in [0.29, 0.717) is 53.9 Å². The second-order valence-electron chi connectivity index (χ2n) is 7.45. The minimum Gasteiger partial charge on any atom is -0.490 e. The monoisotopic (exact) mass is 503 g/mol. The van der Waals surface area contributed by atoms with E-state index < -0.39 is 16.1 Å². The van der Waals surface area contributed by atoms with Gasteiger partial charge in [0.25, 0.3) is 10.0 Å². The van der Waals surface area contributed by atoms with Crippen molar-refractivity contribution in [1.29, 1.82) is 0 Å². The van der Waals surface area contributed by atoms with E-state index in [4.69, 9.17) is 9.15 Å². The molecule has 1 atom stereocenters. The maximum Gasteiger partial charge on any atom is 0.253 e. The average molecular weight is 504 g/mol. The number of rotatable bonds is 7. The van der Waals surface area contributed by atoms with E-state index in [9.17, 15) is 13.2 Å². The summed E-state index contributed by atoms with van der Waals surface area (Å²) in [6, 6.07) is 10.1. The van der Waals surface area contributed by atoms with Crippen molar-refractivity contribution in [2.75, 3.05) is 18.5 Å². The number of sulfonamides is 1. The van der Waals surface area contributed by atoms with E-state index in [1.807, 2.05) is 31.2 Å². The quantitative estimate of drug-likeness (QED) is 0.388. The molecule has 5 rings (SSSR count). The number of carbonyl (C=O) groups is 1. The van der Waals surface area contributed by atoms with Crippen molar-refractivity contribution in [2.45, 2.75) is 30.0 Å². The molecule has 1 aromatic carbocycles. The van der Waals surface area contributed by atoms with Gasteiger partial charge in [0.15, 0.2) is 22.2 Å². The van der Waals surface area contributed by atoms with Crippen molar-refractivity contribution in [3.8, 4) is 17.2 Å². The zero-order chi connectivity index (χ0) is 23.0. The fourth-order valence-corrected chi connectivity index (χ4v) is 7.36. The van der Waals surface area contributed by atoms with Crippen molar-refractivity contribution >= 4 is 54.7 Å². The van der Waals surface area contributed by atoms with Crippen LogP contribution in [0.15, 0.2) is 55.8 Å². The molecular formula is C22H21N3O5S3. The van der Waals surface area contributed by atoms with Crippen LogP contribution in [0.25, 0.3) is 22.4 Å². The normalized spacial score (nSPS) is 16.9. The standard InChI is InChI=1S/C22H21N3O5S3/c1-2-29-17-8-3-6-14-12-18(30-20(14)17)15-13-32-22(23-15)24-21(26)16-7-4-10-25(16)33(27,28)19-9-5-11-31-19/h3,5-6,8-9,11-13,16H,2,4,7,10H2,1H3,(H,23,24,26)/t16-/m1/s1. The molecule has 1 saturated heterocycles. The molecule has 3 aromatic heterocycles. The van der Waals surface area contributed by atoms with E-state index >= 15 is 0 Å². The summed E-state index contributed by atoms with van der Waals surface area (Å²) in [5.74, 6) is 0.853. The van der Waals surface area contributed by atoms with Crippen molar-refractivity contribution < 1.29 is 22.4 Å². The van der Waals surface area contributed by atoms with E-state index in [2.05, 4.69) is 10.3 Å². The lowest BCUT2D eigenvalue weighted by atomic mass is 10.2. The first-order valence-corrected chi connectivity index (χ1v) is 13.6. The van der Waals surface area contributed by atoms with Gasteiger partial charge in [-0.15, -0.1) is 22.7 Å². The van der Waals surface area contributed by atoms with Gasteiger partial charge < -0.3 is 14.5 Å². The van der Waals surface area contributed by atoms with Crippen molar-refractivity contribution in [3.05, 3.63) is 47.2 Å². The maximum absolute atomic E-state index is 13.0. The van der Waals surface area contributed by atoms with Crippen LogP contribution in [0.1, 0.15) is 19.8 Å². The fourth-order valence-electron chi connectivity index (χ4n) is 3.88. The van der Waals surface area contributed by atoms with Crippen LogP contribution < -0.4 is 10.1 Å². The maximum atomic E-state index is 13.0. The molecule has 8 nitrogen and oxygen atoms in total. The number of nitrogens with zero attached hydrogens (tertiary/aromatic N) is 2. The molecule has 0 spiro atoms. The molecule has 1 fully saturated rings. The molecule has 0 bridgehead atoms. The van der Waals surface area contributed by atoms with Gasteiger partial charge in [-0.3, -0.25) is 4.79 Å². The van der Waals surface area contributed by atoms with E-state index in [0.717, 1.165) is 16.7 Å². The summed E-state index contributed by atoms with van der Waals surface area (Å²) in [6.07, 6.45) is 1.10. The van der Waals surface area contributed by atoms with Gasteiger partial charge >= 0.3 is 0 Å². The third-order valence-electron chi connectivity index (χ3n) is 5.36. The minimum absolute atomic E-state index is 0.245. The Morgan fingerprint density at radius 2 is 2.18 bits per heavy atom. The van der Waals surface area contributed by atoms with E-state index in [1.54, 1.807) is 22.9 Å². The van der Waals surface area contributed by atoms with Gasteiger partial charge in [-0.1, -0.05) is 18.2 Å². The zero-order valence-corrected chi connectivity index (χ0v) is 20.1. The van der Waals surface area contributed by atoms with Crippen molar-refractivity contribution in [2.24, 2.45) is 0 Å². The number of hydrogen-bond donors (Lipinski definition) is 1. The largest absolute Gasteiger partial charge is 0.490 e. The van der Waals surface area contributed by atoms with Gasteiger partial charge in [0.2, 0.25) is 5.91 Å². The number of fused-ring (bicyclic) bond motifs is 1. The summed E-state index contributed by atoms with van der Waals surface area (Å²) in [5.41, 5.74) is 1.23. The summed E-state index contributed by atoms with van der Waals surface area (Å²) >= 11 is 2.41. The lowest BCUT2D eigenvalue weighted by molar-refractivity contribution is -0.119. The van der Waals surface area contributed by atoms with Gasteiger partial charge in [0.1, 0.15) is 15.9 Å². The number of para-hydroxylation sites is 1. The molecule has 0 aliphatic carbocycles. The van der Waals surface area contributed by atoms with Crippen LogP contribution in [0.3, 0.4) is 0 Å². The average Bonchev–Trinajstić information content (AvgIpc) is 3.60. The van der Waals surface area contributed by atoms with Crippen LogP contribution in [0.2, 0.25) is 0 Å². The van der Waals surface area contributed by atoms with Crippen LogP contribution in [0.4, 0.5) is 5.13 Å². The second kappa shape index (κ2) is 8.90. The molecule has 1 aliphatic heterocycles. The molecule has 0 saturated carbocycles. The molecule has 1 N–H and O–H groups in total. The Hall–Kier alpha value is -2.73. The predicted molar refractivity (Wildman–Crippen MR) is 128 cm³/mol. The highest BCUT2D eigenvalue weighted by Gasteiger charge is 2.40. The molecule has 172 valence electrons. The summed E-state index contributed by atoms with van der Waals surface area (Å²) in [4.78, 5) is 17.4. The SMILES string of the molecule is CCOc1cccc2cc(-c3csc(NC(=O)[C@H]4CCCN4S(=O)(=O)c4cccs4)n3)oc12. The van der Waals surface area contributed by atoms with Gasteiger partial charge in [-0.2, -0.15) is 4.31 Å². The first-order valence-electron chi connectivity index (χ1n) is 10.4. The molecule has 4 aromatic rings. The first kappa shape index (κ1) is 22.1. The highest BCUT2D eigenvalue weighted by molar-refractivity contribution is 7.91. The van der Waals surface area contributed by atoms with Crippen molar-refractivity contribution in [1.82, 2.24) is 9.29 Å². The van der Waals surface area contributed by atoms with Gasteiger partial charge in [-0.05, 0) is 43.3 Å². The lowest BCUT2D eigenvalue weighted by Gasteiger charge is -2.22. The van der Waals surface area contributed by atoms with Gasteiger partial charge in [0, 0.05) is 17.3 Å². The highest BCUT2D eigenvalue weighted by Crippen LogP contribution is 2.35. The van der Waals surface area contributed by atoms with Crippen molar-refractivity contribution in [3.63, 3.8) is 0 Å². The molecule has 33 heavy (non-hydrogen) atoms. The number of furan rings is 1. The molecule has 4 heterocycles.